The maximum absolute atomic E-state index is 13.0. The largest absolute Gasteiger partial charge is 0.416 e. The van der Waals surface area contributed by atoms with Gasteiger partial charge in [-0.15, -0.1) is 0 Å². The molecular formula is C22H19F3N2O2S2. The van der Waals surface area contributed by atoms with E-state index in [1.54, 1.807) is 30.3 Å². The number of nitrogens with one attached hydrogen (secondary N) is 1. The van der Waals surface area contributed by atoms with Crippen LogP contribution < -0.4 is 10.2 Å². The summed E-state index contributed by atoms with van der Waals surface area (Å²) in [7, 11) is 0. The van der Waals surface area contributed by atoms with Crippen molar-refractivity contribution in [1.29, 1.82) is 0 Å². The van der Waals surface area contributed by atoms with Crippen molar-refractivity contribution in [2.45, 2.75) is 25.9 Å². The minimum atomic E-state index is -4.52. The third kappa shape index (κ3) is 5.54. The van der Waals surface area contributed by atoms with Gasteiger partial charge in [-0.25, -0.2) is 0 Å². The Kier molecular flexibility index (Phi) is 7.17. The topological polar surface area (TPSA) is 49.4 Å². The van der Waals surface area contributed by atoms with Crippen molar-refractivity contribution in [1.82, 2.24) is 5.32 Å². The number of alkyl halides is 3. The Balaban J connectivity index is 1.77. The highest BCUT2D eigenvalue weighted by Crippen LogP contribution is 2.38. The molecule has 3 rings (SSSR count). The third-order valence-electron chi connectivity index (χ3n) is 4.51. The molecule has 0 bridgehead atoms. The van der Waals surface area contributed by atoms with E-state index in [1.165, 1.54) is 12.1 Å². The molecule has 0 atom stereocenters. The monoisotopic (exact) mass is 464 g/mol. The summed E-state index contributed by atoms with van der Waals surface area (Å²) in [6, 6.07) is 11.2. The van der Waals surface area contributed by atoms with Crippen molar-refractivity contribution in [3.05, 3.63) is 70.1 Å². The predicted molar refractivity (Wildman–Crippen MR) is 121 cm³/mol. The highest BCUT2D eigenvalue weighted by molar-refractivity contribution is 8.27. The molecule has 1 saturated heterocycles. The number of thiocarbonyl (C=S) groups is 1. The number of hydrogen-bond donors (Lipinski definition) is 1. The van der Waals surface area contributed by atoms with Crippen molar-refractivity contribution >= 4 is 51.9 Å². The molecule has 0 spiro atoms. The lowest BCUT2D eigenvalue weighted by atomic mass is 10.1. The summed E-state index contributed by atoms with van der Waals surface area (Å²) >= 11 is 6.25. The normalized spacial score (nSPS) is 15.6. The zero-order valence-electron chi connectivity index (χ0n) is 16.5. The van der Waals surface area contributed by atoms with E-state index in [-0.39, 0.29) is 15.9 Å². The third-order valence-corrected chi connectivity index (χ3v) is 5.81. The smallest absolute Gasteiger partial charge is 0.352 e. The second-order valence-corrected chi connectivity index (χ2v) is 8.47. The number of unbranched alkanes of at least 4 members (excludes halogenated alkanes) is 1. The Morgan fingerprint density at radius 3 is 2.55 bits per heavy atom. The molecule has 0 aliphatic carbocycles. The van der Waals surface area contributed by atoms with Gasteiger partial charge in [0.05, 0.1) is 16.2 Å². The number of rotatable bonds is 6. The average Bonchev–Trinajstić information content (AvgIpc) is 3.01. The van der Waals surface area contributed by atoms with Crippen molar-refractivity contribution in [2.24, 2.45) is 0 Å². The van der Waals surface area contributed by atoms with Crippen LogP contribution in [0.25, 0.3) is 6.08 Å². The quantitative estimate of drug-likeness (QED) is 0.341. The van der Waals surface area contributed by atoms with E-state index in [4.69, 9.17) is 12.2 Å². The van der Waals surface area contributed by atoms with Crippen molar-refractivity contribution in [3.8, 4) is 0 Å². The van der Waals surface area contributed by atoms with E-state index in [2.05, 4.69) is 5.32 Å². The van der Waals surface area contributed by atoms with E-state index in [0.717, 1.165) is 41.6 Å². The fourth-order valence-corrected chi connectivity index (χ4v) is 4.17. The molecule has 0 radical (unpaired) electrons. The molecule has 2 amide bonds. The lowest BCUT2D eigenvalue weighted by Gasteiger charge is -2.16. The van der Waals surface area contributed by atoms with Crippen LogP contribution in [0.15, 0.2) is 53.4 Å². The van der Waals surface area contributed by atoms with E-state index < -0.39 is 17.6 Å². The van der Waals surface area contributed by atoms with Gasteiger partial charge in [0, 0.05) is 12.1 Å². The number of benzene rings is 2. The molecule has 1 aliphatic heterocycles. The number of halogens is 3. The number of thioether (sulfide) groups is 1. The summed E-state index contributed by atoms with van der Waals surface area (Å²) in [6.45, 7) is 2.64. The molecule has 0 unspecified atom stereocenters. The fourth-order valence-electron chi connectivity index (χ4n) is 2.87. The molecule has 2 aromatic carbocycles. The van der Waals surface area contributed by atoms with Crippen LogP contribution >= 0.6 is 24.0 Å². The van der Waals surface area contributed by atoms with Crippen molar-refractivity contribution in [3.63, 3.8) is 0 Å². The number of amides is 2. The lowest BCUT2D eigenvalue weighted by molar-refractivity contribution is -0.137. The first-order chi connectivity index (χ1) is 14.7. The molecule has 1 N–H and O–H groups in total. The Bertz CT molecular complexity index is 1030. The molecular weight excluding hydrogens is 445 g/mol. The van der Waals surface area contributed by atoms with E-state index in [1.807, 2.05) is 6.92 Å². The van der Waals surface area contributed by atoms with Crippen LogP contribution in [-0.4, -0.2) is 22.7 Å². The summed E-state index contributed by atoms with van der Waals surface area (Å²) in [5.41, 5.74) is 0.398. The number of nitrogens with zero attached hydrogens (tertiary/aromatic N) is 1. The van der Waals surface area contributed by atoms with Gasteiger partial charge >= 0.3 is 6.18 Å². The predicted octanol–water partition coefficient (Wildman–Crippen LogP) is 5.64. The number of carbonyl (C=O) groups excluding carboxylic acids is 2. The Morgan fingerprint density at radius 1 is 1.19 bits per heavy atom. The summed E-state index contributed by atoms with van der Waals surface area (Å²) in [5.74, 6) is -0.661. The molecule has 162 valence electrons. The number of hydrogen-bond acceptors (Lipinski definition) is 4. The van der Waals surface area contributed by atoms with Crippen LogP contribution in [0.1, 0.15) is 41.3 Å². The Morgan fingerprint density at radius 2 is 1.90 bits per heavy atom. The minimum Gasteiger partial charge on any atom is -0.352 e. The van der Waals surface area contributed by atoms with Crippen LogP contribution in [0.2, 0.25) is 0 Å². The van der Waals surface area contributed by atoms with Crippen LogP contribution in [0.5, 0.6) is 0 Å². The first-order valence-electron chi connectivity index (χ1n) is 9.54. The molecule has 2 aromatic rings. The van der Waals surface area contributed by atoms with Gasteiger partial charge in [0.2, 0.25) is 0 Å². The number of anilines is 1. The molecule has 1 fully saturated rings. The van der Waals surface area contributed by atoms with E-state index in [0.29, 0.717) is 22.6 Å². The highest BCUT2D eigenvalue weighted by Gasteiger charge is 2.36. The molecule has 4 nitrogen and oxygen atoms in total. The second-order valence-electron chi connectivity index (χ2n) is 6.80. The number of carbonyl (C=O) groups is 2. The van der Waals surface area contributed by atoms with Gasteiger partial charge in [-0.1, -0.05) is 55.5 Å². The SMILES string of the molecule is CCCCNC(=O)c1ccc(C=C2SC(=S)N(c3cccc(C(F)(F)F)c3)C2=O)cc1. The maximum atomic E-state index is 13.0. The summed E-state index contributed by atoms with van der Waals surface area (Å²) in [6.07, 6.45) is -1.03. The standard InChI is InChI=1S/C22H19F3N2O2S2/c1-2-3-11-26-19(28)15-9-7-14(8-10-15)12-18-20(29)27(21(30)31-18)17-6-4-5-16(13-17)22(23,24)25/h4-10,12-13H,2-3,11H2,1H3,(H,26,28). The van der Waals surface area contributed by atoms with Gasteiger partial charge in [0.15, 0.2) is 4.32 Å². The zero-order valence-corrected chi connectivity index (χ0v) is 18.2. The van der Waals surface area contributed by atoms with E-state index in [9.17, 15) is 22.8 Å². The van der Waals surface area contributed by atoms with Gasteiger partial charge in [-0.3, -0.25) is 14.5 Å². The van der Waals surface area contributed by atoms with Gasteiger partial charge in [0.25, 0.3) is 11.8 Å². The molecule has 1 heterocycles. The summed E-state index contributed by atoms with van der Waals surface area (Å²) < 4.78 is 39.2. The van der Waals surface area contributed by atoms with Crippen LogP contribution in [0, 0.1) is 0 Å². The average molecular weight is 465 g/mol. The van der Waals surface area contributed by atoms with Crippen molar-refractivity contribution in [2.75, 3.05) is 11.4 Å². The summed E-state index contributed by atoms with van der Waals surface area (Å²) in [4.78, 5) is 26.3. The van der Waals surface area contributed by atoms with Crippen LogP contribution in [-0.2, 0) is 11.0 Å². The fraction of sp³-hybridized carbons (Fsp3) is 0.227. The first-order valence-corrected chi connectivity index (χ1v) is 10.8. The van der Waals surface area contributed by atoms with E-state index >= 15 is 0 Å². The zero-order chi connectivity index (χ0) is 22.6. The second kappa shape index (κ2) is 9.65. The molecule has 9 heteroatoms. The first kappa shape index (κ1) is 23.0. The van der Waals surface area contributed by atoms with Gasteiger partial charge in [-0.05, 0) is 48.4 Å². The van der Waals surface area contributed by atoms with Gasteiger partial charge in [0.1, 0.15) is 0 Å². The van der Waals surface area contributed by atoms with Crippen molar-refractivity contribution < 1.29 is 22.8 Å². The van der Waals surface area contributed by atoms with Gasteiger partial charge in [-0.2, -0.15) is 13.2 Å². The maximum Gasteiger partial charge on any atom is 0.416 e. The Labute approximate surface area is 187 Å². The molecule has 0 saturated carbocycles. The van der Waals surface area contributed by atoms with Gasteiger partial charge < -0.3 is 5.32 Å². The highest BCUT2D eigenvalue weighted by atomic mass is 32.2. The Hall–Kier alpha value is -2.65. The van der Waals surface area contributed by atoms with Crippen LogP contribution in [0.3, 0.4) is 0 Å². The summed E-state index contributed by atoms with van der Waals surface area (Å²) in [5, 5.41) is 2.83. The molecule has 0 aromatic heterocycles. The minimum absolute atomic E-state index is 0.0693. The molecule has 1 aliphatic rings. The molecule has 31 heavy (non-hydrogen) atoms. The lowest BCUT2D eigenvalue weighted by Crippen LogP contribution is -2.27. The van der Waals surface area contributed by atoms with Crippen LogP contribution in [0.4, 0.5) is 18.9 Å².